The lowest BCUT2D eigenvalue weighted by atomic mass is 9.98. The van der Waals surface area contributed by atoms with Gasteiger partial charge < -0.3 is 30.3 Å². The second kappa shape index (κ2) is 6.84. The van der Waals surface area contributed by atoms with Gasteiger partial charge in [0.05, 0.1) is 6.61 Å². The molecule has 1 aliphatic heterocycles. The maximum Gasteiger partial charge on any atom is 0.177 e. The number of ether oxygens (including phenoxy) is 1. The monoisotopic (exact) mass is 333 g/mol. The van der Waals surface area contributed by atoms with Gasteiger partial charge in [-0.25, -0.2) is 0 Å². The van der Waals surface area contributed by atoms with Gasteiger partial charge in [0.1, 0.15) is 30.2 Å². The van der Waals surface area contributed by atoms with Gasteiger partial charge in [-0.15, -0.1) is 0 Å². The van der Waals surface area contributed by atoms with E-state index >= 15 is 0 Å². The van der Waals surface area contributed by atoms with Crippen LogP contribution in [0.2, 0.25) is 0 Å². The van der Waals surface area contributed by atoms with Crippen molar-refractivity contribution in [2.24, 2.45) is 4.99 Å². The highest BCUT2D eigenvalue weighted by Gasteiger charge is 2.43. The van der Waals surface area contributed by atoms with Crippen molar-refractivity contribution in [3.05, 3.63) is 42.0 Å². The molecular formula is C17H19NO6. The van der Waals surface area contributed by atoms with Crippen LogP contribution >= 0.6 is 0 Å². The van der Waals surface area contributed by atoms with Crippen LogP contribution in [0.5, 0.6) is 5.75 Å². The minimum absolute atomic E-state index is 0.0158. The molecule has 1 heterocycles. The van der Waals surface area contributed by atoms with E-state index in [2.05, 4.69) is 4.99 Å². The first-order valence-corrected chi connectivity index (χ1v) is 7.57. The number of hydrogen-bond acceptors (Lipinski definition) is 7. The van der Waals surface area contributed by atoms with Crippen LogP contribution in [0, 0.1) is 0 Å². The Labute approximate surface area is 138 Å². The Morgan fingerprint density at radius 1 is 1.00 bits per heavy atom. The van der Waals surface area contributed by atoms with Crippen molar-refractivity contribution in [3.63, 3.8) is 0 Å². The molecule has 0 aromatic heterocycles. The normalized spacial score (nSPS) is 30.9. The zero-order valence-electron chi connectivity index (χ0n) is 12.7. The van der Waals surface area contributed by atoms with Gasteiger partial charge in [0.15, 0.2) is 6.23 Å². The first-order chi connectivity index (χ1) is 11.5. The van der Waals surface area contributed by atoms with Crippen LogP contribution in [0.3, 0.4) is 0 Å². The number of benzene rings is 2. The zero-order chi connectivity index (χ0) is 17.3. The molecular weight excluding hydrogens is 314 g/mol. The van der Waals surface area contributed by atoms with E-state index in [1.54, 1.807) is 6.07 Å². The summed E-state index contributed by atoms with van der Waals surface area (Å²) in [5.74, 6) is 0.0158. The molecule has 0 radical (unpaired) electrons. The van der Waals surface area contributed by atoms with Gasteiger partial charge in [-0.05, 0) is 16.8 Å². The number of nitrogens with zero attached hydrogens (tertiary/aromatic N) is 1. The number of phenolic OH excluding ortho intramolecular Hbond substituents is 1. The topological polar surface area (TPSA) is 123 Å². The van der Waals surface area contributed by atoms with Crippen molar-refractivity contribution in [1.82, 2.24) is 0 Å². The van der Waals surface area contributed by atoms with Crippen molar-refractivity contribution >= 4 is 17.0 Å². The van der Waals surface area contributed by atoms with E-state index in [9.17, 15) is 25.5 Å². The maximum atomic E-state index is 10.1. The fourth-order valence-corrected chi connectivity index (χ4v) is 2.77. The standard InChI is InChI=1S/C17H19NO6/c19-8-13-14(21)15(22)16(23)17(24-13)18-7-11-10-4-2-1-3-9(10)5-6-12(11)20/h1-7,13-17,19-23H,8H2/b18-7+/t13-,14+,15+,16-,17?/m1/s1. The lowest BCUT2D eigenvalue weighted by Gasteiger charge is -2.38. The average molecular weight is 333 g/mol. The highest BCUT2D eigenvalue weighted by Crippen LogP contribution is 2.27. The minimum Gasteiger partial charge on any atom is -0.507 e. The van der Waals surface area contributed by atoms with Crippen LogP contribution in [0.4, 0.5) is 0 Å². The Hall–Kier alpha value is -2.03. The molecule has 0 bridgehead atoms. The molecule has 0 aliphatic carbocycles. The second-order valence-corrected chi connectivity index (χ2v) is 5.72. The Balaban J connectivity index is 1.92. The predicted molar refractivity (Wildman–Crippen MR) is 87.0 cm³/mol. The predicted octanol–water partition coefficient (Wildman–Crippen LogP) is -0.236. The molecule has 1 saturated heterocycles. The van der Waals surface area contributed by atoms with Gasteiger partial charge in [0, 0.05) is 11.8 Å². The molecule has 1 fully saturated rings. The molecule has 2 aromatic rings. The van der Waals surface area contributed by atoms with E-state index in [-0.39, 0.29) is 5.75 Å². The van der Waals surface area contributed by atoms with E-state index in [1.165, 1.54) is 12.3 Å². The van der Waals surface area contributed by atoms with Crippen molar-refractivity contribution < 1.29 is 30.3 Å². The largest absolute Gasteiger partial charge is 0.507 e. The van der Waals surface area contributed by atoms with E-state index in [0.717, 1.165) is 10.8 Å². The number of hydrogen-bond donors (Lipinski definition) is 5. The Morgan fingerprint density at radius 2 is 1.75 bits per heavy atom. The summed E-state index contributed by atoms with van der Waals surface area (Å²) in [7, 11) is 0. The first kappa shape index (κ1) is 16.8. The highest BCUT2D eigenvalue weighted by molar-refractivity contribution is 6.02. The number of phenols is 1. The minimum atomic E-state index is -1.49. The van der Waals surface area contributed by atoms with Crippen LogP contribution in [0.15, 0.2) is 41.4 Å². The smallest absolute Gasteiger partial charge is 0.177 e. The molecule has 7 nitrogen and oxygen atoms in total. The van der Waals surface area contributed by atoms with Gasteiger partial charge in [0.2, 0.25) is 0 Å². The summed E-state index contributed by atoms with van der Waals surface area (Å²) < 4.78 is 5.31. The van der Waals surface area contributed by atoms with Crippen LogP contribution < -0.4 is 0 Å². The number of aliphatic hydroxyl groups is 4. The van der Waals surface area contributed by atoms with Crippen molar-refractivity contribution in [1.29, 1.82) is 0 Å². The second-order valence-electron chi connectivity index (χ2n) is 5.72. The Bertz CT molecular complexity index is 747. The molecule has 5 N–H and O–H groups in total. The van der Waals surface area contributed by atoms with Crippen molar-refractivity contribution in [2.75, 3.05) is 6.61 Å². The summed E-state index contributed by atoms with van der Waals surface area (Å²) in [5.41, 5.74) is 0.449. The summed E-state index contributed by atoms with van der Waals surface area (Å²) in [6.45, 7) is -0.517. The van der Waals surface area contributed by atoms with Crippen LogP contribution in [0.25, 0.3) is 10.8 Å². The maximum absolute atomic E-state index is 10.1. The molecule has 1 unspecified atom stereocenters. The van der Waals surface area contributed by atoms with E-state index in [1.807, 2.05) is 24.3 Å². The molecule has 2 aromatic carbocycles. The Kier molecular flexibility index (Phi) is 4.79. The molecule has 3 rings (SSSR count). The Morgan fingerprint density at radius 3 is 2.50 bits per heavy atom. The summed E-state index contributed by atoms with van der Waals surface area (Å²) in [4.78, 5) is 4.09. The third kappa shape index (κ3) is 3.00. The molecule has 0 amide bonds. The van der Waals surface area contributed by atoms with E-state index in [4.69, 9.17) is 4.74 Å². The number of fused-ring (bicyclic) bond motifs is 1. The molecule has 0 saturated carbocycles. The van der Waals surface area contributed by atoms with Gasteiger partial charge in [-0.2, -0.15) is 0 Å². The third-order valence-corrected chi connectivity index (χ3v) is 4.17. The average Bonchev–Trinajstić information content (AvgIpc) is 2.60. The van der Waals surface area contributed by atoms with Crippen LogP contribution in [0.1, 0.15) is 5.56 Å². The molecule has 5 atom stereocenters. The molecule has 0 spiro atoms. The fourth-order valence-electron chi connectivity index (χ4n) is 2.77. The summed E-state index contributed by atoms with van der Waals surface area (Å²) in [6, 6.07) is 10.7. The number of aliphatic hydroxyl groups excluding tert-OH is 4. The summed E-state index contributed by atoms with van der Waals surface area (Å²) >= 11 is 0. The number of aliphatic imine (C=N–C) groups is 1. The highest BCUT2D eigenvalue weighted by atomic mass is 16.6. The first-order valence-electron chi connectivity index (χ1n) is 7.57. The number of rotatable bonds is 3. The number of aromatic hydroxyl groups is 1. The van der Waals surface area contributed by atoms with Crippen LogP contribution in [-0.2, 0) is 4.74 Å². The van der Waals surface area contributed by atoms with E-state index in [0.29, 0.717) is 5.56 Å². The molecule has 24 heavy (non-hydrogen) atoms. The van der Waals surface area contributed by atoms with Crippen molar-refractivity contribution in [2.45, 2.75) is 30.6 Å². The molecule has 1 aliphatic rings. The quantitative estimate of drug-likeness (QED) is 0.494. The van der Waals surface area contributed by atoms with E-state index < -0.39 is 37.3 Å². The van der Waals surface area contributed by atoms with Gasteiger partial charge in [-0.1, -0.05) is 30.3 Å². The van der Waals surface area contributed by atoms with Gasteiger partial charge in [-0.3, -0.25) is 4.99 Å². The lowest BCUT2D eigenvalue weighted by Crippen LogP contribution is -2.57. The third-order valence-electron chi connectivity index (χ3n) is 4.17. The zero-order valence-corrected chi connectivity index (χ0v) is 12.7. The molecule has 128 valence electrons. The van der Waals surface area contributed by atoms with Gasteiger partial charge in [0.25, 0.3) is 0 Å². The lowest BCUT2D eigenvalue weighted by molar-refractivity contribution is -0.226. The summed E-state index contributed by atoms with van der Waals surface area (Å²) in [5, 5.41) is 50.5. The summed E-state index contributed by atoms with van der Waals surface area (Å²) in [6.07, 6.45) is -5.20. The molecule has 7 heteroatoms. The van der Waals surface area contributed by atoms with Gasteiger partial charge >= 0.3 is 0 Å². The fraction of sp³-hybridized carbons (Fsp3) is 0.353. The SMILES string of the molecule is OC[C@H]1OC(/N=C/c2c(O)ccc3ccccc23)[C@H](O)[C@@H](O)[C@H]1O. The van der Waals surface area contributed by atoms with Crippen molar-refractivity contribution in [3.8, 4) is 5.75 Å². The van der Waals surface area contributed by atoms with Crippen LogP contribution in [-0.4, -0.2) is 69.0 Å².